The van der Waals surface area contributed by atoms with E-state index in [0.29, 0.717) is 6.61 Å². The quantitative estimate of drug-likeness (QED) is 0.715. The number of hydrogen-bond donors (Lipinski definition) is 0. The first-order valence-electron chi connectivity index (χ1n) is 7.87. The average molecular weight is 294 g/mol. The molecule has 2 heteroatoms. The van der Waals surface area contributed by atoms with Gasteiger partial charge in [-0.3, -0.25) is 0 Å². The third kappa shape index (κ3) is 2.60. The Kier molecular flexibility index (Phi) is 4.14. The first-order chi connectivity index (χ1) is 10.7. The summed E-state index contributed by atoms with van der Waals surface area (Å²) < 4.78 is 12.3. The Morgan fingerprint density at radius 1 is 0.818 bits per heavy atom. The molecule has 1 aliphatic carbocycles. The van der Waals surface area contributed by atoms with Crippen LogP contribution in [-0.2, 0) is 9.47 Å². The largest absolute Gasteiger partial charge is 0.342 e. The smallest absolute Gasteiger partial charge is 0.224 e. The Balaban J connectivity index is 2.07. The molecule has 0 N–H and O–H groups in total. The Hall–Kier alpha value is -1.90. The van der Waals surface area contributed by atoms with Crippen molar-refractivity contribution in [3.8, 4) is 0 Å². The van der Waals surface area contributed by atoms with Gasteiger partial charge in [0.25, 0.3) is 0 Å². The molecule has 0 saturated carbocycles. The number of hydrogen-bond acceptors (Lipinski definition) is 2. The summed E-state index contributed by atoms with van der Waals surface area (Å²) in [6.07, 6.45) is 0.0893. The van der Waals surface area contributed by atoms with E-state index < -0.39 is 5.79 Å². The third-order valence-electron chi connectivity index (χ3n) is 3.72. The third-order valence-corrected chi connectivity index (χ3v) is 3.72. The van der Waals surface area contributed by atoms with Gasteiger partial charge < -0.3 is 9.47 Å². The summed E-state index contributed by atoms with van der Waals surface area (Å²) in [6.45, 7) is 6.71. The second-order valence-corrected chi connectivity index (χ2v) is 5.70. The second kappa shape index (κ2) is 6.07. The molecular formula is C20H22O2. The van der Waals surface area contributed by atoms with Gasteiger partial charge in [0.15, 0.2) is 0 Å². The minimum atomic E-state index is -0.703. The molecule has 0 radical (unpaired) electrons. The van der Waals surface area contributed by atoms with Crippen molar-refractivity contribution in [1.29, 1.82) is 0 Å². The molecular weight excluding hydrogens is 272 g/mol. The molecule has 2 aromatic rings. The van der Waals surface area contributed by atoms with Crippen molar-refractivity contribution in [3.63, 3.8) is 0 Å². The van der Waals surface area contributed by atoms with E-state index in [1.807, 2.05) is 32.9 Å². The van der Waals surface area contributed by atoms with Crippen LogP contribution in [0, 0.1) is 0 Å². The van der Waals surface area contributed by atoms with Crippen LogP contribution in [0.4, 0.5) is 0 Å². The lowest BCUT2D eigenvalue weighted by Crippen LogP contribution is -2.28. The molecule has 0 spiro atoms. The summed E-state index contributed by atoms with van der Waals surface area (Å²) in [7, 11) is 0. The van der Waals surface area contributed by atoms with Gasteiger partial charge in [0, 0.05) is 17.8 Å². The maximum Gasteiger partial charge on any atom is 0.224 e. The van der Waals surface area contributed by atoms with Crippen LogP contribution in [0.2, 0.25) is 0 Å². The van der Waals surface area contributed by atoms with E-state index in [9.17, 15) is 0 Å². The van der Waals surface area contributed by atoms with E-state index in [4.69, 9.17) is 9.47 Å². The van der Waals surface area contributed by atoms with Gasteiger partial charge in [-0.15, -0.1) is 0 Å². The van der Waals surface area contributed by atoms with Crippen LogP contribution in [-0.4, -0.2) is 18.5 Å². The van der Waals surface area contributed by atoms with Gasteiger partial charge in [-0.1, -0.05) is 60.7 Å². The molecule has 0 fully saturated rings. The Morgan fingerprint density at radius 2 is 1.27 bits per heavy atom. The summed E-state index contributed by atoms with van der Waals surface area (Å²) >= 11 is 0. The molecule has 3 rings (SSSR count). The zero-order valence-corrected chi connectivity index (χ0v) is 13.4. The molecule has 0 atom stereocenters. The monoisotopic (exact) mass is 294 g/mol. The summed E-state index contributed by atoms with van der Waals surface area (Å²) in [5.74, 6) is -0.703. The first kappa shape index (κ1) is 15.0. The standard InChI is InChI=1S/C20H22O2/c1-4-21-20(22-15(2)3)18(16-11-7-5-8-12-16)19(20)17-13-9-6-10-14-17/h5-15H,4H2,1-3H3. The van der Waals surface area contributed by atoms with Crippen molar-refractivity contribution in [1.82, 2.24) is 0 Å². The molecule has 0 bridgehead atoms. The van der Waals surface area contributed by atoms with E-state index in [-0.39, 0.29) is 6.10 Å². The highest BCUT2D eigenvalue weighted by Gasteiger charge is 2.57. The van der Waals surface area contributed by atoms with Gasteiger partial charge in [0.1, 0.15) is 0 Å². The lowest BCUT2D eigenvalue weighted by Gasteiger charge is -2.24. The van der Waals surface area contributed by atoms with Crippen LogP contribution in [0.25, 0.3) is 11.1 Å². The minimum absolute atomic E-state index is 0.0893. The summed E-state index contributed by atoms with van der Waals surface area (Å²) in [5, 5.41) is 0. The van der Waals surface area contributed by atoms with E-state index in [1.165, 1.54) is 0 Å². The molecule has 2 nitrogen and oxygen atoms in total. The minimum Gasteiger partial charge on any atom is -0.342 e. The molecule has 0 aromatic heterocycles. The van der Waals surface area contributed by atoms with Crippen LogP contribution in [0.3, 0.4) is 0 Å². The van der Waals surface area contributed by atoms with E-state index in [2.05, 4.69) is 48.5 Å². The van der Waals surface area contributed by atoms with Crippen LogP contribution in [0.5, 0.6) is 0 Å². The number of rotatable bonds is 6. The topological polar surface area (TPSA) is 18.5 Å². The molecule has 0 heterocycles. The normalized spacial score (nSPS) is 16.2. The fourth-order valence-corrected chi connectivity index (χ4v) is 2.96. The van der Waals surface area contributed by atoms with Gasteiger partial charge in [-0.05, 0) is 31.9 Å². The highest BCUT2D eigenvalue weighted by Crippen LogP contribution is 2.60. The van der Waals surface area contributed by atoms with Crippen molar-refractivity contribution < 1.29 is 9.47 Å². The van der Waals surface area contributed by atoms with E-state index in [0.717, 1.165) is 22.3 Å². The summed E-state index contributed by atoms with van der Waals surface area (Å²) in [5.41, 5.74) is 4.62. The molecule has 0 amide bonds. The molecule has 22 heavy (non-hydrogen) atoms. The Labute approximate surface area is 132 Å². The maximum atomic E-state index is 6.23. The second-order valence-electron chi connectivity index (χ2n) is 5.70. The van der Waals surface area contributed by atoms with Gasteiger partial charge in [0.2, 0.25) is 5.79 Å². The van der Waals surface area contributed by atoms with Crippen molar-refractivity contribution in [2.75, 3.05) is 6.61 Å². The molecule has 2 aromatic carbocycles. The number of ether oxygens (including phenoxy) is 2. The zero-order valence-electron chi connectivity index (χ0n) is 13.4. The van der Waals surface area contributed by atoms with Crippen molar-refractivity contribution in [2.45, 2.75) is 32.7 Å². The van der Waals surface area contributed by atoms with Crippen LogP contribution < -0.4 is 0 Å². The van der Waals surface area contributed by atoms with Crippen LogP contribution >= 0.6 is 0 Å². The SMILES string of the molecule is CCOC1(OC(C)C)C(c2ccccc2)=C1c1ccccc1. The van der Waals surface area contributed by atoms with Crippen LogP contribution in [0.1, 0.15) is 31.9 Å². The predicted molar refractivity (Wildman–Crippen MR) is 90.3 cm³/mol. The lowest BCUT2D eigenvalue weighted by molar-refractivity contribution is -0.155. The molecule has 0 saturated heterocycles. The van der Waals surface area contributed by atoms with E-state index >= 15 is 0 Å². The predicted octanol–water partition coefficient (Wildman–Crippen LogP) is 4.77. The van der Waals surface area contributed by atoms with Gasteiger partial charge in [-0.2, -0.15) is 0 Å². The van der Waals surface area contributed by atoms with Crippen molar-refractivity contribution in [2.24, 2.45) is 0 Å². The summed E-state index contributed by atoms with van der Waals surface area (Å²) in [4.78, 5) is 0. The van der Waals surface area contributed by atoms with Gasteiger partial charge in [-0.25, -0.2) is 0 Å². The van der Waals surface area contributed by atoms with Gasteiger partial charge in [0.05, 0.1) is 6.10 Å². The average Bonchev–Trinajstić information content (AvgIpc) is 3.16. The maximum absolute atomic E-state index is 6.23. The molecule has 0 unspecified atom stereocenters. The molecule has 114 valence electrons. The molecule has 1 aliphatic rings. The first-order valence-corrected chi connectivity index (χ1v) is 7.87. The molecule has 0 aliphatic heterocycles. The van der Waals surface area contributed by atoms with Crippen molar-refractivity contribution >= 4 is 11.1 Å². The van der Waals surface area contributed by atoms with E-state index in [1.54, 1.807) is 0 Å². The highest BCUT2D eigenvalue weighted by atomic mass is 16.7. The lowest BCUT2D eigenvalue weighted by atomic mass is 10.1. The van der Waals surface area contributed by atoms with Crippen LogP contribution in [0.15, 0.2) is 60.7 Å². The Bertz CT molecular complexity index is 607. The fraction of sp³-hybridized carbons (Fsp3) is 0.300. The zero-order chi connectivity index (χ0) is 15.6. The number of benzene rings is 2. The Morgan fingerprint density at radius 3 is 1.64 bits per heavy atom. The van der Waals surface area contributed by atoms with Gasteiger partial charge >= 0.3 is 0 Å². The highest BCUT2D eigenvalue weighted by molar-refractivity contribution is 6.16. The summed E-state index contributed by atoms with van der Waals surface area (Å²) in [6, 6.07) is 20.7. The van der Waals surface area contributed by atoms with Crippen molar-refractivity contribution in [3.05, 3.63) is 71.8 Å². The fourth-order valence-electron chi connectivity index (χ4n) is 2.96.